The van der Waals surface area contributed by atoms with Crippen LogP contribution in [0, 0.1) is 0 Å². The minimum Gasteiger partial charge on any atom is -0.446 e. The predicted molar refractivity (Wildman–Crippen MR) is 60.7 cm³/mol. The average molecular weight is 263 g/mol. The van der Waals surface area contributed by atoms with Gasteiger partial charge in [0.25, 0.3) is 10.0 Å². The number of hydrogen-bond acceptors (Lipinski definition) is 5. The SMILES string of the molecule is CCC(CCO)NS(=O)(=O)c1ccc(CO)o1. The van der Waals surface area contributed by atoms with Crippen LogP contribution in [0.4, 0.5) is 0 Å². The number of nitrogens with one attached hydrogen (secondary N) is 1. The molecule has 0 radical (unpaired) electrons. The summed E-state index contributed by atoms with van der Waals surface area (Å²) in [5.41, 5.74) is 0. The molecule has 0 amide bonds. The largest absolute Gasteiger partial charge is 0.446 e. The summed E-state index contributed by atoms with van der Waals surface area (Å²) >= 11 is 0. The van der Waals surface area contributed by atoms with Crippen LogP contribution in [0.3, 0.4) is 0 Å². The number of furan rings is 1. The molecule has 1 aromatic rings. The highest BCUT2D eigenvalue weighted by molar-refractivity contribution is 7.89. The van der Waals surface area contributed by atoms with Crippen molar-refractivity contribution in [3.63, 3.8) is 0 Å². The summed E-state index contributed by atoms with van der Waals surface area (Å²) in [6.07, 6.45) is 0.927. The first-order valence-electron chi connectivity index (χ1n) is 5.36. The fraction of sp³-hybridized carbons (Fsp3) is 0.600. The lowest BCUT2D eigenvalue weighted by molar-refractivity contribution is 0.236. The van der Waals surface area contributed by atoms with Crippen LogP contribution in [-0.2, 0) is 16.6 Å². The van der Waals surface area contributed by atoms with E-state index in [0.29, 0.717) is 12.8 Å². The molecule has 1 atom stereocenters. The first kappa shape index (κ1) is 14.2. The summed E-state index contributed by atoms with van der Waals surface area (Å²) in [7, 11) is -3.72. The van der Waals surface area contributed by atoms with Crippen molar-refractivity contribution in [1.82, 2.24) is 4.72 Å². The number of aliphatic hydroxyl groups excluding tert-OH is 2. The van der Waals surface area contributed by atoms with Crippen molar-refractivity contribution < 1.29 is 23.0 Å². The highest BCUT2D eigenvalue weighted by Crippen LogP contribution is 2.15. The number of hydrogen-bond donors (Lipinski definition) is 3. The van der Waals surface area contributed by atoms with Gasteiger partial charge in [-0.2, -0.15) is 0 Å². The van der Waals surface area contributed by atoms with Crippen molar-refractivity contribution in [3.05, 3.63) is 17.9 Å². The maximum absolute atomic E-state index is 11.8. The Morgan fingerprint density at radius 2 is 2.12 bits per heavy atom. The van der Waals surface area contributed by atoms with Gasteiger partial charge in [-0.1, -0.05) is 6.92 Å². The monoisotopic (exact) mass is 263 g/mol. The molecule has 0 saturated carbocycles. The molecule has 0 aliphatic heterocycles. The third-order valence-corrected chi connectivity index (χ3v) is 3.74. The third kappa shape index (κ3) is 3.81. The summed E-state index contributed by atoms with van der Waals surface area (Å²) in [5, 5.41) is 17.3. The Morgan fingerprint density at radius 1 is 1.41 bits per heavy atom. The highest BCUT2D eigenvalue weighted by Gasteiger charge is 2.22. The third-order valence-electron chi connectivity index (χ3n) is 2.35. The molecule has 3 N–H and O–H groups in total. The second-order valence-corrected chi connectivity index (χ2v) is 5.26. The fourth-order valence-corrected chi connectivity index (χ4v) is 2.67. The molecular weight excluding hydrogens is 246 g/mol. The van der Waals surface area contributed by atoms with Gasteiger partial charge in [0.2, 0.25) is 5.09 Å². The van der Waals surface area contributed by atoms with Crippen LogP contribution in [0.5, 0.6) is 0 Å². The van der Waals surface area contributed by atoms with E-state index in [2.05, 4.69) is 4.72 Å². The van der Waals surface area contributed by atoms with E-state index in [1.54, 1.807) is 0 Å². The van der Waals surface area contributed by atoms with E-state index in [9.17, 15) is 8.42 Å². The smallest absolute Gasteiger partial charge is 0.274 e. The van der Waals surface area contributed by atoms with E-state index in [-0.39, 0.29) is 30.1 Å². The maximum Gasteiger partial charge on any atom is 0.274 e. The van der Waals surface area contributed by atoms with E-state index in [1.165, 1.54) is 12.1 Å². The normalized spacial score (nSPS) is 13.8. The molecule has 0 saturated heterocycles. The van der Waals surface area contributed by atoms with E-state index in [0.717, 1.165) is 0 Å². The molecule has 1 unspecified atom stereocenters. The van der Waals surface area contributed by atoms with Gasteiger partial charge in [0.05, 0.1) is 0 Å². The fourth-order valence-electron chi connectivity index (χ4n) is 1.37. The molecule has 7 heteroatoms. The second-order valence-electron chi connectivity index (χ2n) is 3.62. The van der Waals surface area contributed by atoms with Crippen LogP contribution in [-0.4, -0.2) is 31.3 Å². The van der Waals surface area contributed by atoms with E-state index in [4.69, 9.17) is 14.6 Å². The zero-order valence-corrected chi connectivity index (χ0v) is 10.4. The lowest BCUT2D eigenvalue weighted by Crippen LogP contribution is -2.34. The number of sulfonamides is 1. The molecule has 0 aromatic carbocycles. The summed E-state index contributed by atoms with van der Waals surface area (Å²) < 4.78 is 31.1. The van der Waals surface area contributed by atoms with Crippen LogP contribution in [0.1, 0.15) is 25.5 Å². The summed E-state index contributed by atoms with van der Waals surface area (Å²) in [6, 6.07) is 2.37. The predicted octanol–water partition coefficient (Wildman–Crippen LogP) is 0.211. The standard InChI is InChI=1S/C10H17NO5S/c1-2-8(5-6-12)11-17(14,15)10-4-3-9(7-13)16-10/h3-4,8,11-13H,2,5-7H2,1H3. The van der Waals surface area contributed by atoms with Gasteiger partial charge in [-0.05, 0) is 25.0 Å². The summed E-state index contributed by atoms with van der Waals surface area (Å²) in [6.45, 7) is 1.40. The first-order chi connectivity index (χ1) is 8.03. The molecule has 98 valence electrons. The van der Waals surface area contributed by atoms with Crippen molar-refractivity contribution in [2.75, 3.05) is 6.61 Å². The first-order valence-corrected chi connectivity index (χ1v) is 6.84. The topological polar surface area (TPSA) is 99.8 Å². The Hall–Kier alpha value is -0.890. The molecule has 1 heterocycles. The van der Waals surface area contributed by atoms with Crippen molar-refractivity contribution in [3.8, 4) is 0 Å². The molecule has 1 rings (SSSR count). The van der Waals surface area contributed by atoms with Crippen LogP contribution in [0.2, 0.25) is 0 Å². The minimum atomic E-state index is -3.72. The number of aliphatic hydroxyl groups is 2. The summed E-state index contributed by atoms with van der Waals surface area (Å²) in [4.78, 5) is 0. The Bertz CT molecular complexity index is 439. The van der Waals surface area contributed by atoms with Crippen molar-refractivity contribution >= 4 is 10.0 Å². The van der Waals surface area contributed by atoms with Gasteiger partial charge in [0.15, 0.2) is 0 Å². The Balaban J connectivity index is 2.80. The lowest BCUT2D eigenvalue weighted by Gasteiger charge is -2.14. The van der Waals surface area contributed by atoms with Crippen molar-refractivity contribution in [2.24, 2.45) is 0 Å². The second kappa shape index (κ2) is 6.15. The molecule has 0 aliphatic rings. The lowest BCUT2D eigenvalue weighted by atomic mass is 10.2. The van der Waals surface area contributed by atoms with Crippen LogP contribution >= 0.6 is 0 Å². The summed E-state index contributed by atoms with van der Waals surface area (Å²) in [5.74, 6) is 0.195. The zero-order valence-electron chi connectivity index (χ0n) is 9.59. The van der Waals surface area contributed by atoms with E-state index < -0.39 is 10.0 Å². The van der Waals surface area contributed by atoms with E-state index in [1.807, 2.05) is 6.92 Å². The molecule has 6 nitrogen and oxygen atoms in total. The van der Waals surface area contributed by atoms with Gasteiger partial charge in [0.1, 0.15) is 12.4 Å². The van der Waals surface area contributed by atoms with Gasteiger partial charge in [0, 0.05) is 12.6 Å². The van der Waals surface area contributed by atoms with Crippen molar-refractivity contribution in [2.45, 2.75) is 37.5 Å². The van der Waals surface area contributed by atoms with Gasteiger partial charge >= 0.3 is 0 Å². The molecule has 0 bridgehead atoms. The molecule has 1 aromatic heterocycles. The van der Waals surface area contributed by atoms with Crippen LogP contribution in [0.15, 0.2) is 21.6 Å². The zero-order chi connectivity index (χ0) is 12.9. The Morgan fingerprint density at radius 3 is 2.59 bits per heavy atom. The van der Waals surface area contributed by atoms with Gasteiger partial charge in [-0.15, -0.1) is 0 Å². The number of rotatable bonds is 7. The van der Waals surface area contributed by atoms with Crippen LogP contribution in [0.25, 0.3) is 0 Å². The molecule has 0 spiro atoms. The average Bonchev–Trinajstić information content (AvgIpc) is 2.77. The highest BCUT2D eigenvalue weighted by atomic mass is 32.2. The van der Waals surface area contributed by atoms with Crippen LogP contribution < -0.4 is 4.72 Å². The van der Waals surface area contributed by atoms with Gasteiger partial charge in [-0.25, -0.2) is 13.1 Å². The van der Waals surface area contributed by atoms with E-state index >= 15 is 0 Å². The quantitative estimate of drug-likeness (QED) is 0.653. The Kier molecular flexibility index (Phi) is 5.13. The molecule has 17 heavy (non-hydrogen) atoms. The van der Waals surface area contributed by atoms with Crippen molar-refractivity contribution in [1.29, 1.82) is 0 Å². The van der Waals surface area contributed by atoms with Gasteiger partial charge < -0.3 is 14.6 Å². The molecule has 0 aliphatic carbocycles. The molecule has 0 fully saturated rings. The minimum absolute atomic E-state index is 0.0823. The maximum atomic E-state index is 11.8. The Labute approximate surface area is 100 Å². The van der Waals surface area contributed by atoms with Gasteiger partial charge in [-0.3, -0.25) is 0 Å². The molecular formula is C10H17NO5S.